The number of hydrogen-bond donors (Lipinski definition) is 1. The maximum atomic E-state index is 14.0. The van der Waals surface area contributed by atoms with E-state index in [1.54, 1.807) is 6.92 Å². The second-order valence-corrected chi connectivity index (χ2v) is 5.32. The predicted molar refractivity (Wildman–Crippen MR) is 75.7 cm³/mol. The van der Waals surface area contributed by atoms with Crippen LogP contribution < -0.4 is 5.32 Å². The number of carbonyl (C=O) groups is 1. The number of hydrogen-bond acceptors (Lipinski definition) is 3. The van der Waals surface area contributed by atoms with Gasteiger partial charge in [0.15, 0.2) is 0 Å². The van der Waals surface area contributed by atoms with E-state index < -0.39 is 23.6 Å². The second kappa shape index (κ2) is 7.50. The van der Waals surface area contributed by atoms with Crippen LogP contribution in [-0.4, -0.2) is 18.6 Å². The van der Waals surface area contributed by atoms with Crippen molar-refractivity contribution in [1.29, 1.82) is 0 Å². The third-order valence-electron chi connectivity index (χ3n) is 3.82. The van der Waals surface area contributed by atoms with Gasteiger partial charge in [-0.1, -0.05) is 25.3 Å². The van der Waals surface area contributed by atoms with Gasteiger partial charge in [0.1, 0.15) is 17.7 Å². The molecule has 0 heterocycles. The van der Waals surface area contributed by atoms with Crippen molar-refractivity contribution in [2.24, 2.45) is 0 Å². The van der Waals surface area contributed by atoms with Gasteiger partial charge in [0.2, 0.25) is 0 Å². The Bertz CT molecular complexity index is 467. The highest BCUT2D eigenvalue weighted by atomic mass is 19.1. The summed E-state index contributed by atoms with van der Waals surface area (Å²) in [5.74, 6) is -2.08. The maximum absolute atomic E-state index is 14.0. The van der Waals surface area contributed by atoms with Crippen LogP contribution in [0, 0.1) is 11.6 Å². The summed E-state index contributed by atoms with van der Waals surface area (Å²) in [5, 5.41) is 3.08. The summed E-state index contributed by atoms with van der Waals surface area (Å²) in [6, 6.07) is 2.61. The van der Waals surface area contributed by atoms with Crippen molar-refractivity contribution in [1.82, 2.24) is 5.32 Å². The van der Waals surface area contributed by atoms with Gasteiger partial charge in [0.05, 0.1) is 12.2 Å². The highest BCUT2D eigenvalue weighted by Crippen LogP contribution is 2.26. The number of esters is 1. The first kappa shape index (κ1) is 15.9. The second-order valence-electron chi connectivity index (χ2n) is 5.32. The molecule has 1 saturated carbocycles. The molecule has 0 radical (unpaired) electrons. The molecule has 0 aromatic heterocycles. The van der Waals surface area contributed by atoms with E-state index in [4.69, 9.17) is 4.74 Å². The van der Waals surface area contributed by atoms with Gasteiger partial charge in [-0.3, -0.25) is 5.32 Å². The topological polar surface area (TPSA) is 38.3 Å². The van der Waals surface area contributed by atoms with E-state index in [0.717, 1.165) is 44.2 Å². The summed E-state index contributed by atoms with van der Waals surface area (Å²) in [4.78, 5) is 12.1. The van der Waals surface area contributed by atoms with Crippen LogP contribution in [0.25, 0.3) is 0 Å². The summed E-state index contributed by atoms with van der Waals surface area (Å²) >= 11 is 0. The number of halogens is 2. The minimum Gasteiger partial charge on any atom is -0.465 e. The first-order valence-electron chi connectivity index (χ1n) is 7.50. The highest BCUT2D eigenvalue weighted by molar-refractivity contribution is 5.77. The molecule has 1 aliphatic carbocycles. The molecule has 3 nitrogen and oxygen atoms in total. The number of rotatable bonds is 5. The van der Waals surface area contributed by atoms with Crippen molar-refractivity contribution in [3.8, 4) is 0 Å². The Labute approximate surface area is 123 Å². The molecule has 1 aromatic carbocycles. The minimum absolute atomic E-state index is 0.0900. The van der Waals surface area contributed by atoms with Crippen molar-refractivity contribution in [2.45, 2.75) is 51.1 Å². The lowest BCUT2D eigenvalue weighted by Crippen LogP contribution is -2.40. The molecule has 1 fully saturated rings. The molecule has 1 aliphatic rings. The van der Waals surface area contributed by atoms with E-state index in [1.807, 2.05) is 0 Å². The van der Waals surface area contributed by atoms with E-state index >= 15 is 0 Å². The summed E-state index contributed by atoms with van der Waals surface area (Å²) in [6.45, 7) is 1.85. The first-order valence-corrected chi connectivity index (χ1v) is 7.50. The quantitative estimate of drug-likeness (QED) is 0.845. The smallest absolute Gasteiger partial charge is 0.328 e. The zero-order valence-electron chi connectivity index (χ0n) is 12.2. The van der Waals surface area contributed by atoms with Crippen LogP contribution in [0.15, 0.2) is 18.2 Å². The molecule has 2 rings (SSSR count). The Balaban J connectivity index is 2.24. The fraction of sp³-hybridized carbons (Fsp3) is 0.562. The van der Waals surface area contributed by atoms with E-state index in [0.29, 0.717) is 0 Å². The lowest BCUT2D eigenvalue weighted by atomic mass is 9.93. The van der Waals surface area contributed by atoms with Gasteiger partial charge >= 0.3 is 5.97 Å². The zero-order valence-corrected chi connectivity index (χ0v) is 12.2. The van der Waals surface area contributed by atoms with Gasteiger partial charge in [-0.25, -0.2) is 13.6 Å². The summed E-state index contributed by atoms with van der Waals surface area (Å²) in [5.41, 5.74) is -0.249. The van der Waals surface area contributed by atoms with Crippen molar-refractivity contribution in [3.63, 3.8) is 0 Å². The van der Waals surface area contributed by atoms with Gasteiger partial charge in [-0.05, 0) is 31.9 Å². The first-order chi connectivity index (χ1) is 10.1. The average molecular weight is 297 g/mol. The predicted octanol–water partition coefficient (Wildman–Crippen LogP) is 3.49. The van der Waals surface area contributed by atoms with Crippen molar-refractivity contribution in [3.05, 3.63) is 35.4 Å². The summed E-state index contributed by atoms with van der Waals surface area (Å²) in [7, 11) is 0. The van der Waals surface area contributed by atoms with Crippen molar-refractivity contribution >= 4 is 5.97 Å². The van der Waals surface area contributed by atoms with Crippen molar-refractivity contribution < 1.29 is 18.3 Å². The molecular weight excluding hydrogens is 276 g/mol. The largest absolute Gasteiger partial charge is 0.465 e. The zero-order chi connectivity index (χ0) is 15.2. The molecule has 1 N–H and O–H groups in total. The summed E-state index contributed by atoms with van der Waals surface area (Å²) < 4.78 is 32.9. The molecule has 1 unspecified atom stereocenters. The van der Waals surface area contributed by atoms with Crippen molar-refractivity contribution in [2.75, 3.05) is 6.61 Å². The van der Waals surface area contributed by atoms with Gasteiger partial charge in [0.25, 0.3) is 0 Å². The Morgan fingerprint density at radius 2 is 1.90 bits per heavy atom. The van der Waals surface area contributed by atoms with Crippen LogP contribution in [-0.2, 0) is 9.53 Å². The molecule has 0 saturated heterocycles. The number of benzene rings is 1. The number of ether oxygens (including phenoxy) is 1. The Hall–Kier alpha value is -1.49. The fourth-order valence-corrected chi connectivity index (χ4v) is 2.79. The van der Waals surface area contributed by atoms with E-state index in [1.165, 1.54) is 6.07 Å². The van der Waals surface area contributed by atoms with Crippen LogP contribution in [0.2, 0.25) is 0 Å². The molecule has 0 aliphatic heterocycles. The number of carbonyl (C=O) groups excluding carboxylic acids is 1. The van der Waals surface area contributed by atoms with Gasteiger partial charge in [-0.2, -0.15) is 0 Å². The lowest BCUT2D eigenvalue weighted by molar-refractivity contribution is -0.146. The average Bonchev–Trinajstić information content (AvgIpc) is 2.47. The van der Waals surface area contributed by atoms with Gasteiger partial charge in [0, 0.05) is 6.04 Å². The van der Waals surface area contributed by atoms with Crippen LogP contribution in [0.4, 0.5) is 8.78 Å². The molecule has 0 amide bonds. The Morgan fingerprint density at radius 1 is 1.29 bits per heavy atom. The number of nitrogens with one attached hydrogen (secondary N) is 1. The SMILES string of the molecule is CCOC(=O)C(NC1CCCCC1)c1c(F)cccc1F. The Kier molecular flexibility index (Phi) is 5.67. The monoisotopic (exact) mass is 297 g/mol. The third kappa shape index (κ3) is 4.00. The van der Waals surface area contributed by atoms with Crippen LogP contribution in [0.1, 0.15) is 50.6 Å². The van der Waals surface area contributed by atoms with E-state index in [-0.39, 0.29) is 18.2 Å². The summed E-state index contributed by atoms with van der Waals surface area (Å²) in [6.07, 6.45) is 5.11. The Morgan fingerprint density at radius 3 is 2.48 bits per heavy atom. The third-order valence-corrected chi connectivity index (χ3v) is 3.82. The fourth-order valence-electron chi connectivity index (χ4n) is 2.79. The molecule has 21 heavy (non-hydrogen) atoms. The minimum atomic E-state index is -1.09. The van der Waals surface area contributed by atoms with Crippen LogP contribution in [0.3, 0.4) is 0 Å². The van der Waals surface area contributed by atoms with E-state index in [2.05, 4.69) is 5.32 Å². The molecular formula is C16H21F2NO2. The van der Waals surface area contributed by atoms with Gasteiger partial charge < -0.3 is 4.74 Å². The van der Waals surface area contributed by atoms with Crippen LogP contribution >= 0.6 is 0 Å². The molecule has 5 heteroatoms. The standard InChI is InChI=1S/C16H21F2NO2/c1-2-21-16(20)15(19-11-7-4-3-5-8-11)14-12(17)9-6-10-13(14)18/h6,9-11,15,19H,2-5,7-8H2,1H3. The molecule has 0 bridgehead atoms. The normalized spacial score (nSPS) is 17.5. The van der Waals surface area contributed by atoms with Crippen LogP contribution in [0.5, 0.6) is 0 Å². The molecule has 116 valence electrons. The molecule has 1 aromatic rings. The molecule has 0 spiro atoms. The lowest BCUT2D eigenvalue weighted by Gasteiger charge is -2.28. The highest BCUT2D eigenvalue weighted by Gasteiger charge is 2.30. The van der Waals surface area contributed by atoms with E-state index in [9.17, 15) is 13.6 Å². The van der Waals surface area contributed by atoms with Gasteiger partial charge in [-0.15, -0.1) is 0 Å². The maximum Gasteiger partial charge on any atom is 0.328 e. The molecule has 1 atom stereocenters.